The van der Waals surface area contributed by atoms with Gasteiger partial charge in [-0.1, -0.05) is 12.1 Å². The first-order valence-corrected chi connectivity index (χ1v) is 7.18. The van der Waals surface area contributed by atoms with Crippen LogP contribution in [0.1, 0.15) is 24.1 Å². The van der Waals surface area contributed by atoms with Gasteiger partial charge < -0.3 is 15.2 Å². The minimum atomic E-state index is -0.00531. The average molecular weight is 336 g/mol. The molecule has 106 valence electrons. The van der Waals surface area contributed by atoms with E-state index in [4.69, 9.17) is 15.2 Å². The minimum absolute atomic E-state index is 0.00531. The van der Waals surface area contributed by atoms with Crippen molar-refractivity contribution in [2.45, 2.75) is 19.9 Å². The molecule has 0 saturated carbocycles. The van der Waals surface area contributed by atoms with Crippen molar-refractivity contribution in [1.29, 1.82) is 0 Å². The first-order valence-electron chi connectivity index (χ1n) is 6.39. The summed E-state index contributed by atoms with van der Waals surface area (Å²) in [6.07, 6.45) is 0. The summed E-state index contributed by atoms with van der Waals surface area (Å²) in [5.74, 6) is 2.14. The van der Waals surface area contributed by atoms with Crippen molar-refractivity contribution in [3.05, 3.63) is 52.0 Å². The Morgan fingerprint density at radius 2 is 1.75 bits per heavy atom. The number of nitrogens with two attached hydrogens (primary N) is 1. The predicted octanol–water partition coefficient (Wildman–Crippen LogP) is 4.58. The van der Waals surface area contributed by atoms with Gasteiger partial charge in [-0.05, 0) is 65.2 Å². The van der Waals surface area contributed by atoms with Crippen molar-refractivity contribution < 1.29 is 9.47 Å². The summed E-state index contributed by atoms with van der Waals surface area (Å²) in [6, 6.07) is 11.7. The molecule has 0 fully saturated rings. The normalized spacial score (nSPS) is 12.1. The summed E-state index contributed by atoms with van der Waals surface area (Å²) in [7, 11) is 1.63. The molecule has 2 rings (SSSR count). The number of halogens is 1. The molecule has 0 spiro atoms. The van der Waals surface area contributed by atoms with Gasteiger partial charge in [-0.3, -0.25) is 0 Å². The van der Waals surface area contributed by atoms with E-state index in [0.29, 0.717) is 11.5 Å². The fourth-order valence-corrected chi connectivity index (χ4v) is 2.34. The van der Waals surface area contributed by atoms with Crippen LogP contribution in [0.15, 0.2) is 40.9 Å². The van der Waals surface area contributed by atoms with Crippen LogP contribution in [0.25, 0.3) is 0 Å². The molecular formula is C16H18BrNO2. The van der Waals surface area contributed by atoms with E-state index >= 15 is 0 Å². The molecule has 0 saturated heterocycles. The molecule has 0 radical (unpaired) electrons. The Hall–Kier alpha value is -1.52. The molecule has 0 aliphatic rings. The maximum atomic E-state index is 5.91. The van der Waals surface area contributed by atoms with E-state index in [-0.39, 0.29) is 6.04 Å². The number of benzene rings is 2. The highest BCUT2D eigenvalue weighted by atomic mass is 79.9. The summed E-state index contributed by atoms with van der Waals surface area (Å²) in [5.41, 5.74) is 8.05. The van der Waals surface area contributed by atoms with Crippen LogP contribution in [0, 0.1) is 6.92 Å². The lowest BCUT2D eigenvalue weighted by atomic mass is 10.1. The Balaban J connectivity index is 2.30. The van der Waals surface area contributed by atoms with Crippen molar-refractivity contribution in [3.63, 3.8) is 0 Å². The lowest BCUT2D eigenvalue weighted by Gasteiger charge is -2.13. The van der Waals surface area contributed by atoms with Crippen molar-refractivity contribution in [2.24, 2.45) is 5.73 Å². The van der Waals surface area contributed by atoms with E-state index in [9.17, 15) is 0 Å². The molecule has 0 amide bonds. The number of hydrogen-bond donors (Lipinski definition) is 1. The van der Waals surface area contributed by atoms with Crippen LogP contribution in [0.5, 0.6) is 17.2 Å². The highest BCUT2D eigenvalue weighted by Gasteiger charge is 2.10. The average Bonchev–Trinajstić information content (AvgIpc) is 2.42. The van der Waals surface area contributed by atoms with E-state index < -0.39 is 0 Å². The van der Waals surface area contributed by atoms with Gasteiger partial charge in [0.2, 0.25) is 0 Å². The zero-order valence-corrected chi connectivity index (χ0v) is 13.4. The fraction of sp³-hybridized carbons (Fsp3) is 0.250. The Morgan fingerprint density at radius 1 is 1.05 bits per heavy atom. The molecule has 0 aliphatic carbocycles. The van der Waals surface area contributed by atoms with Crippen LogP contribution in [-0.4, -0.2) is 7.11 Å². The van der Waals surface area contributed by atoms with E-state index in [2.05, 4.69) is 15.9 Å². The van der Waals surface area contributed by atoms with Gasteiger partial charge in [-0.2, -0.15) is 0 Å². The third-order valence-corrected chi connectivity index (χ3v) is 3.64. The predicted molar refractivity (Wildman–Crippen MR) is 84.5 cm³/mol. The molecule has 0 aromatic heterocycles. The lowest BCUT2D eigenvalue weighted by molar-refractivity contribution is 0.378. The number of ether oxygens (including phenoxy) is 2. The zero-order valence-electron chi connectivity index (χ0n) is 11.8. The van der Waals surface area contributed by atoms with Crippen LogP contribution < -0.4 is 15.2 Å². The molecule has 2 aromatic rings. The van der Waals surface area contributed by atoms with Crippen LogP contribution in [-0.2, 0) is 0 Å². The number of aryl methyl sites for hydroxylation is 1. The van der Waals surface area contributed by atoms with Crippen LogP contribution in [0.3, 0.4) is 0 Å². The van der Waals surface area contributed by atoms with Crippen molar-refractivity contribution in [1.82, 2.24) is 0 Å². The number of hydrogen-bond acceptors (Lipinski definition) is 3. The number of methoxy groups -OCH3 is 1. The largest absolute Gasteiger partial charge is 0.493 e. The van der Waals surface area contributed by atoms with E-state index in [0.717, 1.165) is 21.3 Å². The molecule has 2 aromatic carbocycles. The zero-order chi connectivity index (χ0) is 14.7. The summed E-state index contributed by atoms with van der Waals surface area (Å²) in [4.78, 5) is 0. The molecule has 1 atom stereocenters. The maximum absolute atomic E-state index is 5.91. The van der Waals surface area contributed by atoms with E-state index in [1.54, 1.807) is 7.11 Å². The Labute approximate surface area is 127 Å². The van der Waals surface area contributed by atoms with Gasteiger partial charge in [0.1, 0.15) is 5.75 Å². The van der Waals surface area contributed by atoms with Crippen LogP contribution >= 0.6 is 15.9 Å². The molecule has 0 aliphatic heterocycles. The standard InChI is InChI=1S/C16H18BrNO2/c1-10-4-6-15(16(8-10)19-3)20-14-7-5-12(11(2)18)9-13(14)17/h4-9,11H,18H2,1-3H3/t11-/m0/s1. The minimum Gasteiger partial charge on any atom is -0.493 e. The summed E-state index contributed by atoms with van der Waals surface area (Å²) in [6.45, 7) is 3.96. The summed E-state index contributed by atoms with van der Waals surface area (Å²) >= 11 is 3.51. The Kier molecular flexibility index (Phi) is 4.68. The van der Waals surface area contributed by atoms with E-state index in [1.165, 1.54) is 0 Å². The van der Waals surface area contributed by atoms with Gasteiger partial charge in [-0.25, -0.2) is 0 Å². The SMILES string of the molecule is COc1cc(C)ccc1Oc1ccc([C@H](C)N)cc1Br. The molecule has 0 bridgehead atoms. The maximum Gasteiger partial charge on any atom is 0.169 e. The molecule has 0 unspecified atom stereocenters. The highest BCUT2D eigenvalue weighted by Crippen LogP contribution is 2.36. The third-order valence-electron chi connectivity index (χ3n) is 3.02. The fourth-order valence-electron chi connectivity index (χ4n) is 1.86. The Morgan fingerprint density at radius 3 is 2.35 bits per heavy atom. The van der Waals surface area contributed by atoms with Gasteiger partial charge in [0.25, 0.3) is 0 Å². The first-order chi connectivity index (χ1) is 9.51. The third kappa shape index (κ3) is 3.32. The molecular weight excluding hydrogens is 318 g/mol. The smallest absolute Gasteiger partial charge is 0.169 e. The summed E-state index contributed by atoms with van der Waals surface area (Å²) < 4.78 is 12.1. The van der Waals surface area contributed by atoms with Crippen LogP contribution in [0.4, 0.5) is 0 Å². The summed E-state index contributed by atoms with van der Waals surface area (Å²) in [5, 5.41) is 0. The van der Waals surface area contributed by atoms with Gasteiger partial charge >= 0.3 is 0 Å². The topological polar surface area (TPSA) is 44.5 Å². The van der Waals surface area contributed by atoms with Crippen LogP contribution in [0.2, 0.25) is 0 Å². The molecule has 3 nitrogen and oxygen atoms in total. The second kappa shape index (κ2) is 6.29. The van der Waals surface area contributed by atoms with Gasteiger partial charge in [0, 0.05) is 6.04 Å². The Bertz CT molecular complexity index is 611. The molecule has 4 heteroatoms. The lowest BCUT2D eigenvalue weighted by Crippen LogP contribution is -2.04. The van der Waals surface area contributed by atoms with Crippen molar-refractivity contribution in [2.75, 3.05) is 7.11 Å². The number of rotatable bonds is 4. The van der Waals surface area contributed by atoms with Gasteiger partial charge in [0.05, 0.1) is 11.6 Å². The van der Waals surface area contributed by atoms with E-state index in [1.807, 2.05) is 50.2 Å². The quantitative estimate of drug-likeness (QED) is 0.889. The monoisotopic (exact) mass is 335 g/mol. The molecule has 0 heterocycles. The highest BCUT2D eigenvalue weighted by molar-refractivity contribution is 9.10. The van der Waals surface area contributed by atoms with Crippen molar-refractivity contribution in [3.8, 4) is 17.2 Å². The first kappa shape index (κ1) is 14.9. The molecule has 20 heavy (non-hydrogen) atoms. The van der Waals surface area contributed by atoms with Gasteiger partial charge in [-0.15, -0.1) is 0 Å². The molecule has 2 N–H and O–H groups in total. The second-order valence-corrected chi connectivity index (χ2v) is 5.59. The van der Waals surface area contributed by atoms with Gasteiger partial charge in [0.15, 0.2) is 11.5 Å². The van der Waals surface area contributed by atoms with Crippen molar-refractivity contribution >= 4 is 15.9 Å². The second-order valence-electron chi connectivity index (χ2n) is 4.73.